The number of fused-ring (bicyclic) bond motifs is 1. The van der Waals surface area contributed by atoms with E-state index in [4.69, 9.17) is 11.6 Å². The fraction of sp³-hybridized carbons (Fsp3) is 0. The number of benzene rings is 2. The first-order valence-corrected chi connectivity index (χ1v) is 6.41. The second kappa shape index (κ2) is 5.72. The molecule has 0 radical (unpaired) electrons. The predicted molar refractivity (Wildman–Crippen MR) is 78.3 cm³/mol. The number of amides is 1. The Bertz CT molecular complexity index is 811. The van der Waals surface area contributed by atoms with Crippen molar-refractivity contribution in [1.82, 2.24) is 15.7 Å². The van der Waals surface area contributed by atoms with Gasteiger partial charge in [-0.2, -0.15) is 5.10 Å². The van der Waals surface area contributed by atoms with Gasteiger partial charge in [0.2, 0.25) is 0 Å². The Morgan fingerprint density at radius 3 is 2.71 bits per heavy atom. The molecule has 0 spiro atoms. The summed E-state index contributed by atoms with van der Waals surface area (Å²) in [5, 5.41) is 11.9. The highest BCUT2D eigenvalue weighted by molar-refractivity contribution is 6.30. The molecule has 2 aromatic carbocycles. The summed E-state index contributed by atoms with van der Waals surface area (Å²) in [5.41, 5.74) is 4.80. The number of aromatic nitrogens is 2. The standard InChI is InChI=1S/C14H9ClN4O2/c15-11-4-1-9(2-5-11)8-16-17-14(20)10-3-6-12-13(7-10)19-21-18-12/h1-8H,(H,17,20). The summed E-state index contributed by atoms with van der Waals surface area (Å²) in [7, 11) is 0. The van der Waals surface area contributed by atoms with Crippen LogP contribution in [0.15, 0.2) is 52.2 Å². The molecule has 1 aromatic heterocycles. The van der Waals surface area contributed by atoms with Crippen LogP contribution >= 0.6 is 11.6 Å². The highest BCUT2D eigenvalue weighted by atomic mass is 35.5. The molecule has 1 N–H and O–H groups in total. The summed E-state index contributed by atoms with van der Waals surface area (Å²) in [6.45, 7) is 0. The van der Waals surface area contributed by atoms with Crippen molar-refractivity contribution in [2.45, 2.75) is 0 Å². The summed E-state index contributed by atoms with van der Waals surface area (Å²) in [6.07, 6.45) is 1.53. The van der Waals surface area contributed by atoms with Gasteiger partial charge in [-0.25, -0.2) is 10.1 Å². The van der Waals surface area contributed by atoms with Gasteiger partial charge in [0.05, 0.1) is 6.21 Å². The van der Waals surface area contributed by atoms with Gasteiger partial charge >= 0.3 is 0 Å². The quantitative estimate of drug-likeness (QED) is 0.595. The second-order valence-electron chi connectivity index (χ2n) is 4.22. The molecule has 0 saturated heterocycles. The molecule has 21 heavy (non-hydrogen) atoms. The van der Waals surface area contributed by atoms with Crippen molar-refractivity contribution in [3.05, 3.63) is 58.6 Å². The molecule has 0 fully saturated rings. The minimum absolute atomic E-state index is 0.342. The molecule has 0 saturated carbocycles. The maximum Gasteiger partial charge on any atom is 0.271 e. The van der Waals surface area contributed by atoms with Gasteiger partial charge < -0.3 is 0 Å². The van der Waals surface area contributed by atoms with Crippen LogP contribution in [0.1, 0.15) is 15.9 Å². The SMILES string of the molecule is O=C(NN=Cc1ccc(Cl)cc1)c1ccc2nonc2c1. The molecule has 104 valence electrons. The van der Waals surface area contributed by atoms with E-state index in [2.05, 4.69) is 25.5 Å². The Balaban J connectivity index is 1.69. The molecule has 0 aliphatic carbocycles. The summed E-state index contributed by atoms with van der Waals surface area (Å²) in [6, 6.07) is 11.9. The monoisotopic (exact) mass is 300 g/mol. The van der Waals surface area contributed by atoms with E-state index in [1.807, 2.05) is 0 Å². The third-order valence-electron chi connectivity index (χ3n) is 2.77. The normalized spacial score (nSPS) is 11.1. The average Bonchev–Trinajstić information content (AvgIpc) is 2.96. The number of halogens is 1. The Labute approximate surface area is 124 Å². The van der Waals surface area contributed by atoms with Crippen molar-refractivity contribution < 1.29 is 9.42 Å². The fourth-order valence-electron chi connectivity index (χ4n) is 1.70. The number of hydrazone groups is 1. The van der Waals surface area contributed by atoms with E-state index in [1.54, 1.807) is 42.5 Å². The number of carbonyl (C=O) groups is 1. The molecule has 0 unspecified atom stereocenters. The number of hydrogen-bond donors (Lipinski definition) is 1. The number of hydrogen-bond acceptors (Lipinski definition) is 5. The summed E-state index contributed by atoms with van der Waals surface area (Å²) >= 11 is 5.78. The Morgan fingerprint density at radius 2 is 1.90 bits per heavy atom. The van der Waals surface area contributed by atoms with E-state index in [0.29, 0.717) is 21.6 Å². The molecule has 0 atom stereocenters. The first-order chi connectivity index (χ1) is 10.2. The third kappa shape index (κ3) is 3.06. The van der Waals surface area contributed by atoms with Crippen LogP contribution in [0.4, 0.5) is 0 Å². The molecule has 3 aromatic rings. The molecule has 0 aliphatic rings. The summed E-state index contributed by atoms with van der Waals surface area (Å²) in [4.78, 5) is 11.9. The molecular weight excluding hydrogens is 292 g/mol. The van der Waals surface area contributed by atoms with Crippen molar-refractivity contribution in [3.63, 3.8) is 0 Å². The molecule has 3 rings (SSSR count). The topological polar surface area (TPSA) is 80.4 Å². The molecule has 0 bridgehead atoms. The molecule has 0 aliphatic heterocycles. The maximum atomic E-state index is 11.9. The minimum atomic E-state index is -0.342. The van der Waals surface area contributed by atoms with E-state index in [1.165, 1.54) is 6.21 Å². The largest absolute Gasteiger partial charge is 0.271 e. The highest BCUT2D eigenvalue weighted by Gasteiger charge is 2.07. The Hall–Kier alpha value is -2.73. The molecule has 7 heteroatoms. The lowest BCUT2D eigenvalue weighted by molar-refractivity contribution is 0.0955. The van der Waals surface area contributed by atoms with Crippen molar-refractivity contribution in [2.75, 3.05) is 0 Å². The highest BCUT2D eigenvalue weighted by Crippen LogP contribution is 2.11. The van der Waals surface area contributed by atoms with Gasteiger partial charge in [0.15, 0.2) is 0 Å². The zero-order chi connectivity index (χ0) is 14.7. The smallest absolute Gasteiger partial charge is 0.267 e. The zero-order valence-corrected chi connectivity index (χ0v) is 11.4. The van der Waals surface area contributed by atoms with Gasteiger partial charge in [-0.3, -0.25) is 4.79 Å². The van der Waals surface area contributed by atoms with Gasteiger partial charge in [0, 0.05) is 10.6 Å². The fourth-order valence-corrected chi connectivity index (χ4v) is 1.83. The lowest BCUT2D eigenvalue weighted by Gasteiger charge is -1.99. The molecule has 1 amide bonds. The van der Waals surface area contributed by atoms with Crippen molar-refractivity contribution in [2.24, 2.45) is 5.10 Å². The van der Waals surface area contributed by atoms with Crippen molar-refractivity contribution >= 4 is 34.8 Å². The van der Waals surface area contributed by atoms with Gasteiger partial charge in [-0.1, -0.05) is 23.7 Å². The van der Waals surface area contributed by atoms with Crippen molar-refractivity contribution in [3.8, 4) is 0 Å². The zero-order valence-electron chi connectivity index (χ0n) is 10.7. The predicted octanol–water partition coefficient (Wildman–Crippen LogP) is 2.64. The van der Waals surface area contributed by atoms with Crippen LogP contribution < -0.4 is 5.43 Å². The summed E-state index contributed by atoms with van der Waals surface area (Å²) < 4.78 is 4.58. The number of carbonyl (C=O) groups excluding carboxylic acids is 1. The Kier molecular flexibility index (Phi) is 3.61. The van der Waals surface area contributed by atoms with E-state index in [0.717, 1.165) is 5.56 Å². The minimum Gasteiger partial charge on any atom is -0.267 e. The lowest BCUT2D eigenvalue weighted by Crippen LogP contribution is -2.17. The number of nitrogens with one attached hydrogen (secondary N) is 1. The molecule has 1 heterocycles. The maximum absolute atomic E-state index is 11.9. The lowest BCUT2D eigenvalue weighted by atomic mass is 10.2. The van der Waals surface area contributed by atoms with Crippen LogP contribution in [-0.4, -0.2) is 22.4 Å². The van der Waals surface area contributed by atoms with Crippen LogP contribution in [-0.2, 0) is 0 Å². The van der Waals surface area contributed by atoms with E-state index < -0.39 is 0 Å². The van der Waals surface area contributed by atoms with Crippen LogP contribution in [0.25, 0.3) is 11.0 Å². The van der Waals surface area contributed by atoms with Crippen LogP contribution in [0, 0.1) is 0 Å². The van der Waals surface area contributed by atoms with Gasteiger partial charge in [-0.15, -0.1) is 0 Å². The van der Waals surface area contributed by atoms with Crippen LogP contribution in [0.3, 0.4) is 0 Å². The second-order valence-corrected chi connectivity index (χ2v) is 4.65. The van der Waals surface area contributed by atoms with E-state index in [-0.39, 0.29) is 5.91 Å². The first kappa shape index (κ1) is 13.3. The van der Waals surface area contributed by atoms with Gasteiger partial charge in [-0.05, 0) is 46.2 Å². The van der Waals surface area contributed by atoms with Gasteiger partial charge in [0.1, 0.15) is 11.0 Å². The first-order valence-electron chi connectivity index (χ1n) is 6.04. The number of rotatable bonds is 3. The average molecular weight is 301 g/mol. The Morgan fingerprint density at radius 1 is 1.14 bits per heavy atom. The van der Waals surface area contributed by atoms with E-state index in [9.17, 15) is 4.79 Å². The molecular formula is C14H9ClN4O2. The van der Waals surface area contributed by atoms with Crippen LogP contribution in [0.2, 0.25) is 5.02 Å². The van der Waals surface area contributed by atoms with Crippen LogP contribution in [0.5, 0.6) is 0 Å². The van der Waals surface area contributed by atoms with Crippen molar-refractivity contribution in [1.29, 1.82) is 0 Å². The number of nitrogens with zero attached hydrogens (tertiary/aromatic N) is 3. The molecule has 6 nitrogen and oxygen atoms in total. The summed E-state index contributed by atoms with van der Waals surface area (Å²) in [5.74, 6) is -0.342. The van der Waals surface area contributed by atoms with E-state index >= 15 is 0 Å². The third-order valence-corrected chi connectivity index (χ3v) is 3.02. The van der Waals surface area contributed by atoms with Gasteiger partial charge in [0.25, 0.3) is 5.91 Å².